The maximum absolute atomic E-state index is 8.95. The molecule has 3 nitrogen and oxygen atoms in total. The van der Waals surface area contributed by atoms with Gasteiger partial charge >= 0.3 is 0 Å². The highest BCUT2D eigenvalue weighted by molar-refractivity contribution is 6.19. The fourth-order valence-corrected chi connectivity index (χ4v) is 1.08. The first-order valence-electron chi connectivity index (χ1n) is 3.51. The predicted molar refractivity (Wildman–Crippen MR) is 43.5 cm³/mol. The van der Waals surface area contributed by atoms with Crippen LogP contribution in [0.25, 0.3) is 0 Å². The van der Waals surface area contributed by atoms with Gasteiger partial charge in [0.15, 0.2) is 5.56 Å². The summed E-state index contributed by atoms with van der Waals surface area (Å²) in [7, 11) is 0. The molecule has 62 valence electrons. The Bertz CT molecular complexity index is 245. The first-order chi connectivity index (χ1) is 5.15. The fourth-order valence-electron chi connectivity index (χ4n) is 0.972. The summed E-state index contributed by atoms with van der Waals surface area (Å²) in [5, 5.41) is 13.0. The molecular formula is C7H11ClN2O. The molecule has 0 aliphatic heterocycles. The number of aliphatic hydroxyl groups excluding tert-OH is 1. The molecule has 0 aliphatic rings. The van der Waals surface area contributed by atoms with Crippen LogP contribution in [0, 0.1) is 6.92 Å². The van der Waals surface area contributed by atoms with Gasteiger partial charge in [0.1, 0.15) is 5.69 Å². The monoisotopic (exact) mass is 174 g/mol. The molecule has 0 saturated heterocycles. The third kappa shape index (κ3) is 1.73. The average Bonchev–Trinajstić information content (AvgIpc) is 2.31. The number of nitrogens with zero attached hydrogens (tertiary/aromatic N) is 2. The number of aromatic nitrogens is 2. The van der Waals surface area contributed by atoms with Crippen LogP contribution in [0.5, 0.6) is 0 Å². The minimum atomic E-state index is -0.985. The normalized spacial score (nSPS) is 13.5. The molecule has 1 unspecified atom stereocenters. The van der Waals surface area contributed by atoms with Crippen molar-refractivity contribution in [1.82, 2.24) is 9.78 Å². The molecule has 1 N–H and O–H groups in total. The molecule has 0 bridgehead atoms. The highest BCUT2D eigenvalue weighted by Crippen LogP contribution is 2.15. The summed E-state index contributed by atoms with van der Waals surface area (Å²) in [5.41, 5.74) is 0.551. The van der Waals surface area contributed by atoms with Crippen LogP contribution in [0.2, 0.25) is 0 Å². The number of aliphatic hydroxyl groups is 1. The van der Waals surface area contributed by atoms with Gasteiger partial charge < -0.3 is 5.11 Å². The van der Waals surface area contributed by atoms with E-state index in [1.54, 1.807) is 10.7 Å². The standard InChI is InChI=1S/C7H11ClN2O/c1-3-10-5(2)4-6(9-10)7(8)11/h4,7,11H,3H2,1-2H3. The van der Waals surface area contributed by atoms with Crippen molar-refractivity contribution in [1.29, 1.82) is 0 Å². The van der Waals surface area contributed by atoms with Crippen molar-refractivity contribution < 1.29 is 5.11 Å². The molecule has 1 atom stereocenters. The zero-order chi connectivity index (χ0) is 8.43. The van der Waals surface area contributed by atoms with Gasteiger partial charge in [-0.3, -0.25) is 4.68 Å². The Morgan fingerprint density at radius 3 is 2.73 bits per heavy atom. The smallest absolute Gasteiger partial charge is 0.172 e. The van der Waals surface area contributed by atoms with Crippen molar-refractivity contribution in [3.05, 3.63) is 17.5 Å². The van der Waals surface area contributed by atoms with Crippen LogP contribution in [0.1, 0.15) is 23.9 Å². The Balaban J connectivity index is 2.95. The van der Waals surface area contributed by atoms with Crippen molar-refractivity contribution in [3.63, 3.8) is 0 Å². The SMILES string of the molecule is CCn1nc(C(O)Cl)cc1C. The summed E-state index contributed by atoms with van der Waals surface area (Å²) in [6.07, 6.45) is 0. The molecule has 1 aromatic rings. The summed E-state index contributed by atoms with van der Waals surface area (Å²) < 4.78 is 1.79. The van der Waals surface area contributed by atoms with E-state index in [2.05, 4.69) is 5.10 Å². The Morgan fingerprint density at radius 1 is 1.82 bits per heavy atom. The van der Waals surface area contributed by atoms with Crippen LogP contribution in [-0.2, 0) is 6.54 Å². The van der Waals surface area contributed by atoms with Crippen molar-refractivity contribution in [2.24, 2.45) is 0 Å². The molecule has 0 aromatic carbocycles. The lowest BCUT2D eigenvalue weighted by molar-refractivity contribution is 0.256. The van der Waals surface area contributed by atoms with E-state index >= 15 is 0 Å². The molecule has 0 aliphatic carbocycles. The van der Waals surface area contributed by atoms with Crippen LogP contribution in [0.4, 0.5) is 0 Å². The molecule has 0 fully saturated rings. The molecule has 4 heteroatoms. The van der Waals surface area contributed by atoms with Gasteiger partial charge in [-0.1, -0.05) is 11.6 Å². The lowest BCUT2D eigenvalue weighted by atomic mass is 10.4. The lowest BCUT2D eigenvalue weighted by Gasteiger charge is -1.97. The van der Waals surface area contributed by atoms with E-state index in [-0.39, 0.29) is 0 Å². The van der Waals surface area contributed by atoms with E-state index in [1.165, 1.54) is 0 Å². The Labute approximate surface area is 70.6 Å². The third-order valence-corrected chi connectivity index (χ3v) is 1.77. The van der Waals surface area contributed by atoms with Crippen LogP contribution >= 0.6 is 11.6 Å². The predicted octanol–water partition coefficient (Wildman–Crippen LogP) is 1.44. The number of alkyl halides is 1. The van der Waals surface area contributed by atoms with Gasteiger partial charge in [0, 0.05) is 12.2 Å². The van der Waals surface area contributed by atoms with E-state index in [0.717, 1.165) is 12.2 Å². The number of aryl methyl sites for hydroxylation is 2. The summed E-state index contributed by atoms with van der Waals surface area (Å²) in [6, 6.07) is 1.78. The summed E-state index contributed by atoms with van der Waals surface area (Å²) in [4.78, 5) is 0. The maximum atomic E-state index is 8.95. The number of halogens is 1. The summed E-state index contributed by atoms with van der Waals surface area (Å²) in [6.45, 7) is 4.72. The highest BCUT2D eigenvalue weighted by atomic mass is 35.5. The molecule has 11 heavy (non-hydrogen) atoms. The second-order valence-corrected chi connectivity index (χ2v) is 2.78. The molecule has 0 radical (unpaired) electrons. The lowest BCUT2D eigenvalue weighted by Crippen LogP contribution is -1.99. The van der Waals surface area contributed by atoms with Gasteiger partial charge in [-0.2, -0.15) is 5.10 Å². The van der Waals surface area contributed by atoms with Crippen LogP contribution < -0.4 is 0 Å². The van der Waals surface area contributed by atoms with Gasteiger partial charge in [0.05, 0.1) is 0 Å². The number of hydrogen-bond donors (Lipinski definition) is 1. The minimum Gasteiger partial charge on any atom is -0.372 e. The second kappa shape index (κ2) is 3.24. The first kappa shape index (κ1) is 8.56. The van der Waals surface area contributed by atoms with Crippen molar-refractivity contribution in [3.8, 4) is 0 Å². The average molecular weight is 175 g/mol. The molecule has 1 heterocycles. The van der Waals surface area contributed by atoms with E-state index in [9.17, 15) is 0 Å². The van der Waals surface area contributed by atoms with Gasteiger partial charge in [0.2, 0.25) is 0 Å². The van der Waals surface area contributed by atoms with Gasteiger partial charge in [0.25, 0.3) is 0 Å². The Hall–Kier alpha value is -0.540. The Morgan fingerprint density at radius 2 is 2.45 bits per heavy atom. The maximum Gasteiger partial charge on any atom is 0.172 e. The summed E-state index contributed by atoms with van der Waals surface area (Å²) >= 11 is 5.43. The molecule has 0 spiro atoms. The molecule has 1 aromatic heterocycles. The molecule has 0 amide bonds. The number of rotatable bonds is 2. The topological polar surface area (TPSA) is 38.0 Å². The van der Waals surface area contributed by atoms with E-state index < -0.39 is 5.56 Å². The molecular weight excluding hydrogens is 164 g/mol. The third-order valence-electron chi connectivity index (χ3n) is 1.54. The van der Waals surface area contributed by atoms with Crippen LogP contribution in [0.15, 0.2) is 6.07 Å². The quantitative estimate of drug-likeness (QED) is 0.690. The van der Waals surface area contributed by atoms with Gasteiger partial charge in [-0.15, -0.1) is 0 Å². The van der Waals surface area contributed by atoms with E-state index in [4.69, 9.17) is 16.7 Å². The minimum absolute atomic E-state index is 0.519. The zero-order valence-corrected chi connectivity index (χ0v) is 7.34. The van der Waals surface area contributed by atoms with Crippen molar-refractivity contribution in [2.75, 3.05) is 0 Å². The molecule has 0 saturated carbocycles. The fraction of sp³-hybridized carbons (Fsp3) is 0.571. The highest BCUT2D eigenvalue weighted by Gasteiger charge is 2.08. The van der Waals surface area contributed by atoms with Crippen molar-refractivity contribution >= 4 is 11.6 Å². The summed E-state index contributed by atoms with van der Waals surface area (Å²) in [5.74, 6) is 0. The Kier molecular flexibility index (Phi) is 2.52. The van der Waals surface area contributed by atoms with Gasteiger partial charge in [-0.25, -0.2) is 0 Å². The van der Waals surface area contributed by atoms with E-state index in [0.29, 0.717) is 5.69 Å². The van der Waals surface area contributed by atoms with E-state index in [1.807, 2.05) is 13.8 Å². The first-order valence-corrected chi connectivity index (χ1v) is 3.95. The molecule has 1 rings (SSSR count). The number of hydrogen-bond acceptors (Lipinski definition) is 2. The van der Waals surface area contributed by atoms with Crippen LogP contribution in [-0.4, -0.2) is 14.9 Å². The van der Waals surface area contributed by atoms with Gasteiger partial charge in [-0.05, 0) is 19.9 Å². The van der Waals surface area contributed by atoms with Crippen LogP contribution in [0.3, 0.4) is 0 Å². The second-order valence-electron chi connectivity index (χ2n) is 2.36. The van der Waals surface area contributed by atoms with Crippen molar-refractivity contribution in [2.45, 2.75) is 26.0 Å². The zero-order valence-electron chi connectivity index (χ0n) is 6.58. The largest absolute Gasteiger partial charge is 0.372 e.